The number of aromatic nitrogens is 2. The zero-order valence-electron chi connectivity index (χ0n) is 10.6. The first-order chi connectivity index (χ1) is 8.88. The summed E-state index contributed by atoms with van der Waals surface area (Å²) in [4.78, 5) is 35.3. The Hall–Kier alpha value is -2.02. The van der Waals surface area contributed by atoms with Crippen LogP contribution < -0.4 is 16.6 Å². The van der Waals surface area contributed by atoms with E-state index in [0.717, 1.165) is 4.57 Å². The Morgan fingerprint density at radius 3 is 2.53 bits per heavy atom. The number of hydrogen-bond donors (Lipinski definition) is 1. The number of halogens is 1. The van der Waals surface area contributed by atoms with Crippen molar-refractivity contribution in [2.75, 3.05) is 7.05 Å². The summed E-state index contributed by atoms with van der Waals surface area (Å²) in [6.07, 6.45) is -0.0875. The topological polar surface area (TPSA) is 86.2 Å². The summed E-state index contributed by atoms with van der Waals surface area (Å²) in [5.41, 5.74) is -0.703. The molecule has 7 nitrogen and oxygen atoms in total. The van der Waals surface area contributed by atoms with Gasteiger partial charge in [0.1, 0.15) is 5.39 Å². The largest absolute Gasteiger partial charge is 0.427 e. The van der Waals surface area contributed by atoms with Gasteiger partial charge in [0.25, 0.3) is 5.56 Å². The second-order valence-electron chi connectivity index (χ2n) is 4.09. The van der Waals surface area contributed by atoms with Gasteiger partial charge in [-0.25, -0.2) is 4.79 Å². The van der Waals surface area contributed by atoms with Gasteiger partial charge in [-0.2, -0.15) is 0 Å². The highest BCUT2D eigenvalue weighted by molar-refractivity contribution is 6.31. The van der Waals surface area contributed by atoms with E-state index in [0.29, 0.717) is 0 Å². The van der Waals surface area contributed by atoms with Gasteiger partial charge in [-0.1, -0.05) is 0 Å². The first kappa shape index (κ1) is 13.4. The average molecular weight is 286 g/mol. The fourth-order valence-corrected chi connectivity index (χ4v) is 2.09. The van der Waals surface area contributed by atoms with E-state index >= 15 is 0 Å². The van der Waals surface area contributed by atoms with Gasteiger partial charge in [0, 0.05) is 26.7 Å². The maximum Gasteiger partial charge on any atom is 0.333 e. The van der Waals surface area contributed by atoms with Gasteiger partial charge in [0.15, 0.2) is 0 Å². The van der Waals surface area contributed by atoms with Gasteiger partial charge < -0.3 is 9.73 Å². The van der Waals surface area contributed by atoms with Crippen LogP contribution in [0, 0.1) is 0 Å². The van der Waals surface area contributed by atoms with Crippen LogP contribution in [0.15, 0.2) is 14.0 Å². The summed E-state index contributed by atoms with van der Waals surface area (Å²) in [6, 6.07) is 0. The molecule has 0 saturated heterocycles. The lowest BCUT2D eigenvalue weighted by Gasteiger charge is -2.02. The van der Waals surface area contributed by atoms with Gasteiger partial charge in [-0.15, -0.1) is 0 Å². The number of amides is 1. The van der Waals surface area contributed by atoms with E-state index in [9.17, 15) is 14.4 Å². The molecule has 0 radical (unpaired) electrons. The molecule has 8 heteroatoms. The molecule has 1 N–H and O–H groups in total. The highest BCUT2D eigenvalue weighted by Crippen LogP contribution is 2.26. The molecule has 0 aliphatic rings. The molecule has 0 fully saturated rings. The number of carbonyl (C=O) groups excluding carboxylic acids is 1. The van der Waals surface area contributed by atoms with Crippen LogP contribution in [0.3, 0.4) is 0 Å². The predicted octanol–water partition coefficient (Wildman–Crippen LogP) is -0.228. The van der Waals surface area contributed by atoms with Gasteiger partial charge in [0.2, 0.25) is 16.8 Å². The predicted molar refractivity (Wildman–Crippen MR) is 69.5 cm³/mol. The molecule has 19 heavy (non-hydrogen) atoms. The Morgan fingerprint density at radius 1 is 1.32 bits per heavy atom. The number of fused-ring (bicyclic) bond motifs is 1. The van der Waals surface area contributed by atoms with E-state index in [2.05, 4.69) is 5.32 Å². The van der Waals surface area contributed by atoms with Crippen molar-refractivity contribution in [2.24, 2.45) is 14.1 Å². The van der Waals surface area contributed by atoms with Crippen LogP contribution in [-0.4, -0.2) is 22.1 Å². The lowest BCUT2D eigenvalue weighted by atomic mass is 10.1. The van der Waals surface area contributed by atoms with Crippen LogP contribution in [0.2, 0.25) is 5.22 Å². The van der Waals surface area contributed by atoms with Gasteiger partial charge in [-0.3, -0.25) is 18.7 Å². The first-order valence-corrected chi connectivity index (χ1v) is 5.83. The Kier molecular flexibility index (Phi) is 3.23. The Balaban J connectivity index is 2.87. The Morgan fingerprint density at radius 2 is 1.95 bits per heavy atom. The van der Waals surface area contributed by atoms with Crippen molar-refractivity contribution in [2.45, 2.75) is 6.42 Å². The van der Waals surface area contributed by atoms with Crippen molar-refractivity contribution in [1.82, 2.24) is 14.5 Å². The van der Waals surface area contributed by atoms with Crippen LogP contribution in [0.5, 0.6) is 0 Å². The summed E-state index contributed by atoms with van der Waals surface area (Å²) >= 11 is 5.91. The molecule has 0 aliphatic carbocycles. The molecule has 0 atom stereocenters. The third-order valence-electron chi connectivity index (χ3n) is 2.95. The quantitative estimate of drug-likeness (QED) is 0.826. The number of hydrogen-bond acceptors (Lipinski definition) is 4. The van der Waals surface area contributed by atoms with Crippen molar-refractivity contribution in [3.63, 3.8) is 0 Å². The summed E-state index contributed by atoms with van der Waals surface area (Å²) in [5.74, 6) is -0.305. The molecule has 102 valence electrons. The monoisotopic (exact) mass is 285 g/mol. The minimum Gasteiger partial charge on any atom is -0.427 e. The molecule has 0 unspecified atom stereocenters. The standard InChI is InChI=1S/C11H12ClN3O4/c1-13-6(16)4-5-7-9(17)14(2)11(18)15(3)10(7)19-8(5)12/h4H2,1-3H3,(H,13,16). The van der Waals surface area contributed by atoms with Crippen LogP contribution in [0.25, 0.3) is 11.1 Å². The number of carbonyl (C=O) groups is 1. The van der Waals surface area contributed by atoms with Crippen LogP contribution in [0.1, 0.15) is 5.56 Å². The minimum absolute atomic E-state index is 0.0584. The molecule has 0 aliphatic heterocycles. The van der Waals surface area contributed by atoms with E-state index in [4.69, 9.17) is 16.0 Å². The van der Waals surface area contributed by atoms with Crippen LogP contribution >= 0.6 is 11.6 Å². The first-order valence-electron chi connectivity index (χ1n) is 5.46. The summed E-state index contributed by atoms with van der Waals surface area (Å²) in [5, 5.41) is 2.53. The van der Waals surface area contributed by atoms with E-state index < -0.39 is 11.2 Å². The van der Waals surface area contributed by atoms with Crippen molar-refractivity contribution in [1.29, 1.82) is 0 Å². The molecule has 2 aromatic rings. The van der Waals surface area contributed by atoms with E-state index in [-0.39, 0.29) is 34.2 Å². The smallest absolute Gasteiger partial charge is 0.333 e. The molecule has 2 heterocycles. The normalized spacial score (nSPS) is 10.9. The molecule has 2 aromatic heterocycles. The molecule has 0 spiro atoms. The van der Waals surface area contributed by atoms with Crippen molar-refractivity contribution in [3.05, 3.63) is 31.6 Å². The third-order valence-corrected chi connectivity index (χ3v) is 3.26. The van der Waals surface area contributed by atoms with Crippen LogP contribution in [0.4, 0.5) is 0 Å². The van der Waals surface area contributed by atoms with Crippen molar-refractivity contribution >= 4 is 28.6 Å². The van der Waals surface area contributed by atoms with E-state index in [1.165, 1.54) is 25.7 Å². The second kappa shape index (κ2) is 4.58. The number of rotatable bonds is 2. The number of likely N-dealkylation sites (N-methyl/N-ethyl adjacent to an activating group) is 1. The van der Waals surface area contributed by atoms with E-state index in [1.54, 1.807) is 0 Å². The second-order valence-corrected chi connectivity index (χ2v) is 4.43. The lowest BCUT2D eigenvalue weighted by Crippen LogP contribution is -2.37. The lowest BCUT2D eigenvalue weighted by molar-refractivity contribution is -0.119. The fourth-order valence-electron chi connectivity index (χ4n) is 1.85. The molecular formula is C11H12ClN3O4. The molecule has 0 saturated carbocycles. The molecular weight excluding hydrogens is 274 g/mol. The van der Waals surface area contributed by atoms with E-state index in [1.807, 2.05) is 0 Å². The number of furan rings is 1. The van der Waals surface area contributed by atoms with Gasteiger partial charge >= 0.3 is 5.69 Å². The van der Waals surface area contributed by atoms with Crippen LogP contribution in [-0.2, 0) is 25.3 Å². The number of aryl methyl sites for hydroxylation is 1. The van der Waals surface area contributed by atoms with Gasteiger partial charge in [0.05, 0.1) is 6.42 Å². The molecule has 0 aromatic carbocycles. The molecule has 1 amide bonds. The fraction of sp³-hybridized carbons (Fsp3) is 0.364. The summed E-state index contributed by atoms with van der Waals surface area (Å²) in [6.45, 7) is 0. The Labute approximate surface area is 112 Å². The minimum atomic E-state index is -0.535. The molecule has 2 rings (SSSR count). The number of nitrogens with one attached hydrogen (secondary N) is 1. The maximum absolute atomic E-state index is 12.1. The zero-order chi connectivity index (χ0) is 14.3. The van der Waals surface area contributed by atoms with Crippen molar-refractivity contribution < 1.29 is 9.21 Å². The highest BCUT2D eigenvalue weighted by Gasteiger charge is 2.22. The average Bonchev–Trinajstić information content (AvgIpc) is 2.71. The van der Waals surface area contributed by atoms with Crippen molar-refractivity contribution in [3.8, 4) is 0 Å². The molecule has 0 bridgehead atoms. The SMILES string of the molecule is CNC(=O)Cc1c(Cl)oc2c1c(=O)n(C)c(=O)n2C. The summed E-state index contributed by atoms with van der Waals surface area (Å²) < 4.78 is 7.35. The number of nitrogens with zero attached hydrogens (tertiary/aromatic N) is 2. The summed E-state index contributed by atoms with van der Waals surface area (Å²) in [7, 11) is 4.30. The van der Waals surface area contributed by atoms with Gasteiger partial charge in [-0.05, 0) is 11.6 Å². The Bertz CT molecular complexity index is 784. The highest BCUT2D eigenvalue weighted by atomic mass is 35.5. The zero-order valence-corrected chi connectivity index (χ0v) is 11.4. The third kappa shape index (κ3) is 1.95. The maximum atomic E-state index is 12.1.